The van der Waals surface area contributed by atoms with Crippen LogP contribution < -0.4 is 9.47 Å². The summed E-state index contributed by atoms with van der Waals surface area (Å²) in [6.45, 7) is 8.12. The first-order valence-electron chi connectivity index (χ1n) is 14.4. The normalized spacial score (nSPS) is 11.3. The second-order valence-corrected chi connectivity index (χ2v) is 10.6. The van der Waals surface area contributed by atoms with Crippen molar-refractivity contribution >= 4 is 35.0 Å². The number of unbranched alkanes of at least 4 members (excludes halogenated alkanes) is 1. The van der Waals surface area contributed by atoms with Gasteiger partial charge >= 0.3 is 11.9 Å². The van der Waals surface area contributed by atoms with Gasteiger partial charge in [-0.2, -0.15) is 0 Å². The van der Waals surface area contributed by atoms with Crippen LogP contribution in [0.1, 0.15) is 59.1 Å². The first kappa shape index (κ1) is 30.4. The first-order valence-corrected chi connectivity index (χ1v) is 14.4. The second kappa shape index (κ2) is 14.4. The standard InChI is InChI=1S/C35H39NO6/c1-24-20-31(21-25(2)26(24)3)42-19-5-4-18-41-30-15-12-27(13-16-30)11-14-28-8-6-9-32-35(28)29(22-34(39)40)23-36(32)17-7-10-33(37)38/h6,8-9,11-16,20-21,23H,4-5,7,10,17-19,22H2,1-3H3,(H,37,38)(H,39,40)/b14-11+. The molecule has 7 nitrogen and oxygen atoms in total. The molecular formula is C35H39NO6. The number of aromatic nitrogens is 1. The third-order valence-corrected chi connectivity index (χ3v) is 7.46. The third-order valence-electron chi connectivity index (χ3n) is 7.46. The lowest BCUT2D eigenvalue weighted by molar-refractivity contribution is -0.137. The molecule has 4 aromatic rings. The number of rotatable bonds is 15. The number of nitrogens with zero attached hydrogens (tertiary/aromatic N) is 1. The summed E-state index contributed by atoms with van der Waals surface area (Å²) in [5.41, 5.74) is 7.33. The van der Waals surface area contributed by atoms with Crippen molar-refractivity contribution in [1.29, 1.82) is 0 Å². The molecule has 7 heteroatoms. The molecule has 0 amide bonds. The van der Waals surface area contributed by atoms with Crippen LogP contribution in [0.3, 0.4) is 0 Å². The Morgan fingerprint density at radius 1 is 0.810 bits per heavy atom. The largest absolute Gasteiger partial charge is 0.494 e. The van der Waals surface area contributed by atoms with Gasteiger partial charge < -0.3 is 24.3 Å². The summed E-state index contributed by atoms with van der Waals surface area (Å²) in [5, 5.41) is 19.3. The van der Waals surface area contributed by atoms with Crippen molar-refractivity contribution in [2.45, 2.75) is 59.4 Å². The molecule has 0 aliphatic carbocycles. The summed E-state index contributed by atoms with van der Waals surface area (Å²) in [6, 6.07) is 17.9. The van der Waals surface area contributed by atoms with E-state index in [9.17, 15) is 14.7 Å². The summed E-state index contributed by atoms with van der Waals surface area (Å²) in [7, 11) is 0. The van der Waals surface area contributed by atoms with E-state index < -0.39 is 11.9 Å². The van der Waals surface area contributed by atoms with E-state index in [1.165, 1.54) is 16.7 Å². The number of hydrogen-bond donors (Lipinski definition) is 2. The monoisotopic (exact) mass is 569 g/mol. The molecule has 1 heterocycles. The minimum atomic E-state index is -0.905. The van der Waals surface area contributed by atoms with E-state index in [1.54, 1.807) is 0 Å². The SMILES string of the molecule is Cc1cc(OCCCCOc2ccc(/C=C/c3cccc4c3c(CC(=O)O)cn4CCCC(=O)O)cc2)cc(C)c1C. The lowest BCUT2D eigenvalue weighted by Crippen LogP contribution is -2.03. The summed E-state index contributed by atoms with van der Waals surface area (Å²) in [6.07, 6.45) is 8.06. The summed E-state index contributed by atoms with van der Waals surface area (Å²) < 4.78 is 13.8. The fourth-order valence-electron chi connectivity index (χ4n) is 5.02. The van der Waals surface area contributed by atoms with E-state index in [4.69, 9.17) is 14.6 Å². The number of carboxylic acids is 2. The average Bonchev–Trinajstić information content (AvgIpc) is 3.29. The fourth-order valence-corrected chi connectivity index (χ4v) is 5.02. The van der Waals surface area contributed by atoms with Gasteiger partial charge in [-0.1, -0.05) is 36.4 Å². The van der Waals surface area contributed by atoms with Crippen LogP contribution >= 0.6 is 0 Å². The van der Waals surface area contributed by atoms with Crippen LogP contribution in [-0.4, -0.2) is 39.9 Å². The molecule has 0 aliphatic rings. The zero-order valence-corrected chi connectivity index (χ0v) is 24.6. The van der Waals surface area contributed by atoms with Gasteiger partial charge in [0, 0.05) is 30.1 Å². The van der Waals surface area contributed by atoms with Gasteiger partial charge in [-0.15, -0.1) is 0 Å². The van der Waals surface area contributed by atoms with Crippen molar-refractivity contribution in [1.82, 2.24) is 4.57 Å². The number of aryl methyl sites for hydroxylation is 3. The highest BCUT2D eigenvalue weighted by molar-refractivity contribution is 5.96. The highest BCUT2D eigenvalue weighted by Gasteiger charge is 2.14. The maximum Gasteiger partial charge on any atom is 0.307 e. The maximum absolute atomic E-state index is 11.5. The summed E-state index contributed by atoms with van der Waals surface area (Å²) in [4.78, 5) is 22.5. The van der Waals surface area contributed by atoms with Crippen LogP contribution in [0.25, 0.3) is 23.1 Å². The van der Waals surface area contributed by atoms with Gasteiger partial charge in [-0.3, -0.25) is 9.59 Å². The van der Waals surface area contributed by atoms with Crippen molar-refractivity contribution in [3.8, 4) is 11.5 Å². The lowest BCUT2D eigenvalue weighted by Gasteiger charge is -2.11. The number of ether oxygens (including phenoxy) is 2. The van der Waals surface area contributed by atoms with Gasteiger partial charge in [-0.05, 0) is 104 Å². The molecule has 0 atom stereocenters. The Hall–Kier alpha value is -4.52. The molecule has 1 aromatic heterocycles. The Balaban J connectivity index is 1.33. The van der Waals surface area contributed by atoms with E-state index in [1.807, 2.05) is 65.4 Å². The van der Waals surface area contributed by atoms with E-state index in [0.717, 1.165) is 46.4 Å². The molecule has 0 spiro atoms. The third kappa shape index (κ3) is 8.26. The topological polar surface area (TPSA) is 98.0 Å². The smallest absolute Gasteiger partial charge is 0.307 e. The van der Waals surface area contributed by atoms with Crippen LogP contribution in [0.15, 0.2) is 60.8 Å². The molecule has 0 bridgehead atoms. The number of hydrogen-bond acceptors (Lipinski definition) is 4. The highest BCUT2D eigenvalue weighted by Crippen LogP contribution is 2.28. The predicted octanol–water partition coefficient (Wildman–Crippen LogP) is 7.47. The number of fused-ring (bicyclic) bond motifs is 1. The van der Waals surface area contributed by atoms with E-state index >= 15 is 0 Å². The molecule has 0 aliphatic heterocycles. The summed E-state index contributed by atoms with van der Waals surface area (Å²) >= 11 is 0. The van der Waals surface area contributed by atoms with Crippen molar-refractivity contribution < 1.29 is 29.3 Å². The molecule has 0 saturated carbocycles. The molecule has 0 unspecified atom stereocenters. The quantitative estimate of drug-likeness (QED) is 0.114. The molecule has 0 fully saturated rings. The number of carboxylic acid groups (broad SMARTS) is 2. The van der Waals surface area contributed by atoms with Crippen LogP contribution in [0.2, 0.25) is 0 Å². The lowest BCUT2D eigenvalue weighted by atomic mass is 10.0. The molecule has 42 heavy (non-hydrogen) atoms. The van der Waals surface area contributed by atoms with Crippen LogP contribution in [0, 0.1) is 20.8 Å². The molecule has 3 aromatic carbocycles. The van der Waals surface area contributed by atoms with Gasteiger partial charge in [0.1, 0.15) is 11.5 Å². The van der Waals surface area contributed by atoms with Crippen molar-refractivity contribution in [3.63, 3.8) is 0 Å². The molecule has 0 radical (unpaired) electrons. The Morgan fingerprint density at radius 2 is 1.48 bits per heavy atom. The highest BCUT2D eigenvalue weighted by atomic mass is 16.5. The van der Waals surface area contributed by atoms with Crippen LogP contribution in [0.4, 0.5) is 0 Å². The maximum atomic E-state index is 11.5. The van der Waals surface area contributed by atoms with Crippen LogP contribution in [-0.2, 0) is 22.6 Å². The Labute approximate surface area is 247 Å². The van der Waals surface area contributed by atoms with Gasteiger partial charge in [0.25, 0.3) is 0 Å². The molecule has 220 valence electrons. The fraction of sp³-hybridized carbons (Fsp3) is 0.314. The zero-order valence-electron chi connectivity index (χ0n) is 24.6. The number of carbonyl (C=O) groups is 2. The number of aliphatic carboxylic acids is 2. The Bertz CT molecular complexity index is 1540. The van der Waals surface area contributed by atoms with Gasteiger partial charge in [0.15, 0.2) is 0 Å². The van der Waals surface area contributed by atoms with Gasteiger partial charge in [-0.25, -0.2) is 0 Å². The molecular weight excluding hydrogens is 530 g/mol. The van der Waals surface area contributed by atoms with E-state index in [0.29, 0.717) is 31.7 Å². The van der Waals surface area contributed by atoms with Crippen molar-refractivity contribution in [2.75, 3.05) is 13.2 Å². The first-order chi connectivity index (χ1) is 20.2. The van der Waals surface area contributed by atoms with E-state index in [-0.39, 0.29) is 12.8 Å². The van der Waals surface area contributed by atoms with Crippen molar-refractivity contribution in [3.05, 3.63) is 94.2 Å². The molecule has 0 saturated heterocycles. The van der Waals surface area contributed by atoms with E-state index in [2.05, 4.69) is 32.9 Å². The van der Waals surface area contributed by atoms with Crippen LogP contribution in [0.5, 0.6) is 11.5 Å². The minimum absolute atomic E-state index is 0.0646. The van der Waals surface area contributed by atoms with Gasteiger partial charge in [0.2, 0.25) is 0 Å². The predicted molar refractivity (Wildman–Crippen MR) is 166 cm³/mol. The zero-order chi connectivity index (χ0) is 30.1. The molecule has 2 N–H and O–H groups in total. The minimum Gasteiger partial charge on any atom is -0.494 e. The molecule has 4 rings (SSSR count). The summed E-state index contributed by atoms with van der Waals surface area (Å²) in [5.74, 6) is -0.0197. The Kier molecular flexibility index (Phi) is 10.4. The van der Waals surface area contributed by atoms with Gasteiger partial charge in [0.05, 0.1) is 19.6 Å². The number of benzene rings is 3. The second-order valence-electron chi connectivity index (χ2n) is 10.6. The Morgan fingerprint density at radius 3 is 2.12 bits per heavy atom. The van der Waals surface area contributed by atoms with Crippen molar-refractivity contribution in [2.24, 2.45) is 0 Å². The average molecular weight is 570 g/mol.